The summed E-state index contributed by atoms with van der Waals surface area (Å²) in [6.45, 7) is 4.67. The minimum Gasteiger partial charge on any atom is -0.490 e. The maximum absolute atomic E-state index is 13.9. The van der Waals surface area contributed by atoms with Crippen molar-refractivity contribution in [3.05, 3.63) is 53.9 Å². The molecule has 0 unspecified atom stereocenters. The van der Waals surface area contributed by atoms with Crippen LogP contribution in [0.3, 0.4) is 0 Å². The van der Waals surface area contributed by atoms with E-state index in [0.29, 0.717) is 6.29 Å². The number of rotatable bonds is 9. The van der Waals surface area contributed by atoms with Gasteiger partial charge in [-0.2, -0.15) is 26.6 Å². The van der Waals surface area contributed by atoms with Crippen molar-refractivity contribution >= 4 is 22.0 Å². The number of carbonyl (C=O) groups is 1. The number of aryl methyl sites for hydroxylation is 1. The van der Waals surface area contributed by atoms with Crippen molar-refractivity contribution in [1.29, 1.82) is 0 Å². The third-order valence-electron chi connectivity index (χ3n) is 4.11. The van der Waals surface area contributed by atoms with E-state index in [-0.39, 0.29) is 34.0 Å². The third kappa shape index (κ3) is 7.01. The van der Waals surface area contributed by atoms with Crippen LogP contribution in [0.4, 0.5) is 17.6 Å². The minimum absolute atomic E-state index is 0.00625. The van der Waals surface area contributed by atoms with Gasteiger partial charge in [0.2, 0.25) is 5.88 Å². The fourth-order valence-electron chi connectivity index (χ4n) is 2.85. The number of carbonyl (C=O) groups excluding carboxylic acids is 1. The van der Waals surface area contributed by atoms with Gasteiger partial charge in [-0.25, -0.2) is 9.37 Å². The van der Waals surface area contributed by atoms with E-state index in [1.165, 1.54) is 25.3 Å². The van der Waals surface area contributed by atoms with Gasteiger partial charge in [0.25, 0.3) is 0 Å². The Bertz CT molecular complexity index is 1260. The largest absolute Gasteiger partial charge is 0.534 e. The number of alkyl halides is 3. The lowest BCUT2D eigenvalue weighted by Crippen LogP contribution is -2.29. The van der Waals surface area contributed by atoms with Crippen molar-refractivity contribution in [3.63, 3.8) is 0 Å². The molecule has 0 saturated carbocycles. The van der Waals surface area contributed by atoms with Gasteiger partial charge >= 0.3 is 15.6 Å². The Kier molecular flexibility index (Phi) is 8.60. The Morgan fingerprint density at radius 2 is 1.83 bits per heavy atom. The fourth-order valence-corrected chi connectivity index (χ4v) is 3.27. The van der Waals surface area contributed by atoms with Crippen molar-refractivity contribution in [2.45, 2.75) is 32.4 Å². The van der Waals surface area contributed by atoms with Crippen molar-refractivity contribution in [1.82, 2.24) is 14.9 Å². The normalized spacial score (nSPS) is 12.8. The van der Waals surface area contributed by atoms with Gasteiger partial charge in [0.05, 0.1) is 17.4 Å². The van der Waals surface area contributed by atoms with E-state index < -0.39 is 33.4 Å². The Morgan fingerprint density at radius 1 is 1.17 bits per heavy atom. The summed E-state index contributed by atoms with van der Waals surface area (Å²) < 4.78 is 87.2. The number of hydrogen-bond donors (Lipinski definition) is 0. The molecular weight excluding hydrogens is 494 g/mol. The summed E-state index contributed by atoms with van der Waals surface area (Å²) in [4.78, 5) is 20.6. The molecule has 1 heterocycles. The Hall–Kier alpha value is -3.48. The molecule has 0 aliphatic heterocycles. The standard InChI is InChI=1S/C22H23F4N3O5S/c1-13(2)33-18-11-16(23)8-9-17(18)19-14(3)27-20(15(7-6-10-30)12-29(4)5)28-21(19)34-35(31,32)22(24,25)26/h6-13H,1-5H3/b7-6-,15-12+. The molecule has 0 N–H and O–H groups in total. The summed E-state index contributed by atoms with van der Waals surface area (Å²) in [6, 6.07) is 3.20. The van der Waals surface area contributed by atoms with Crippen molar-refractivity contribution < 1.29 is 39.7 Å². The fraction of sp³-hybridized carbons (Fsp3) is 0.318. The molecule has 0 radical (unpaired) electrons. The third-order valence-corrected chi connectivity index (χ3v) is 5.06. The molecule has 1 aromatic carbocycles. The van der Waals surface area contributed by atoms with Crippen molar-refractivity contribution in [2.75, 3.05) is 14.1 Å². The highest BCUT2D eigenvalue weighted by Crippen LogP contribution is 2.40. The van der Waals surface area contributed by atoms with E-state index in [1.807, 2.05) is 0 Å². The van der Waals surface area contributed by atoms with Gasteiger partial charge in [0.15, 0.2) is 5.82 Å². The van der Waals surface area contributed by atoms with Gasteiger partial charge in [-0.1, -0.05) is 0 Å². The Balaban J connectivity index is 2.90. The van der Waals surface area contributed by atoms with Gasteiger partial charge < -0.3 is 13.8 Å². The van der Waals surface area contributed by atoms with E-state index in [0.717, 1.165) is 18.2 Å². The quantitative estimate of drug-likeness (QED) is 0.122. The molecule has 190 valence electrons. The zero-order valence-electron chi connectivity index (χ0n) is 19.4. The molecule has 1 aromatic heterocycles. The summed E-state index contributed by atoms with van der Waals surface area (Å²) in [7, 11) is -2.86. The van der Waals surface area contributed by atoms with Crippen LogP contribution in [0.1, 0.15) is 25.4 Å². The highest BCUT2D eigenvalue weighted by Gasteiger charge is 2.49. The molecule has 0 aliphatic rings. The first-order valence-corrected chi connectivity index (χ1v) is 11.4. The first kappa shape index (κ1) is 27.8. The number of nitrogens with zero attached hydrogens (tertiary/aromatic N) is 3. The number of aldehydes is 1. The van der Waals surface area contributed by atoms with Crippen LogP contribution in [0.25, 0.3) is 16.7 Å². The average molecular weight is 518 g/mol. The lowest BCUT2D eigenvalue weighted by molar-refractivity contribution is -0.104. The maximum atomic E-state index is 13.9. The predicted molar refractivity (Wildman–Crippen MR) is 120 cm³/mol. The van der Waals surface area contributed by atoms with Crippen LogP contribution >= 0.6 is 0 Å². The van der Waals surface area contributed by atoms with E-state index in [9.17, 15) is 30.8 Å². The second-order valence-corrected chi connectivity index (χ2v) is 9.18. The zero-order chi connectivity index (χ0) is 26.6. The van der Waals surface area contributed by atoms with E-state index in [2.05, 4.69) is 14.2 Å². The molecule has 13 heteroatoms. The molecule has 0 atom stereocenters. The summed E-state index contributed by atoms with van der Waals surface area (Å²) >= 11 is 0. The number of allylic oxidation sites excluding steroid dienone is 3. The van der Waals surface area contributed by atoms with Crippen LogP contribution < -0.4 is 8.92 Å². The molecule has 2 rings (SSSR count). The zero-order valence-corrected chi connectivity index (χ0v) is 20.2. The lowest BCUT2D eigenvalue weighted by Gasteiger charge is -2.19. The topological polar surface area (TPSA) is 98.7 Å². The SMILES string of the molecule is Cc1nc(C(/C=C\C=O)=C/N(C)C)nc(OS(=O)(=O)C(F)(F)F)c1-c1ccc(F)cc1OC(C)C. The van der Waals surface area contributed by atoms with E-state index in [1.54, 1.807) is 32.8 Å². The van der Waals surface area contributed by atoms with Crippen LogP contribution in [0.2, 0.25) is 0 Å². The monoisotopic (exact) mass is 517 g/mol. The molecule has 0 saturated heterocycles. The second-order valence-electron chi connectivity index (χ2n) is 7.65. The highest BCUT2D eigenvalue weighted by molar-refractivity contribution is 7.88. The summed E-state index contributed by atoms with van der Waals surface area (Å²) in [5.41, 5.74) is -5.81. The predicted octanol–water partition coefficient (Wildman–Crippen LogP) is 4.26. The van der Waals surface area contributed by atoms with Crippen LogP contribution in [0.15, 0.2) is 36.6 Å². The lowest BCUT2D eigenvalue weighted by atomic mass is 10.0. The summed E-state index contributed by atoms with van der Waals surface area (Å²) in [5.74, 6) is -1.95. The minimum atomic E-state index is -6.13. The summed E-state index contributed by atoms with van der Waals surface area (Å²) in [5, 5.41) is 0. The molecule has 0 amide bonds. The van der Waals surface area contributed by atoms with Crippen molar-refractivity contribution in [2.24, 2.45) is 0 Å². The molecule has 35 heavy (non-hydrogen) atoms. The number of aromatic nitrogens is 2. The molecule has 0 aliphatic carbocycles. The molecular formula is C22H23F4N3O5S. The average Bonchev–Trinajstić information content (AvgIpc) is 2.70. The van der Waals surface area contributed by atoms with Crippen LogP contribution in [0, 0.1) is 12.7 Å². The van der Waals surface area contributed by atoms with E-state index >= 15 is 0 Å². The van der Waals surface area contributed by atoms with Gasteiger partial charge in [-0.15, -0.1) is 0 Å². The second kappa shape index (κ2) is 10.8. The first-order valence-electron chi connectivity index (χ1n) is 10.0. The van der Waals surface area contributed by atoms with E-state index in [4.69, 9.17) is 4.74 Å². The molecule has 0 bridgehead atoms. The first-order chi connectivity index (χ1) is 16.2. The highest BCUT2D eigenvalue weighted by atomic mass is 32.2. The molecule has 2 aromatic rings. The van der Waals surface area contributed by atoms with Crippen LogP contribution in [-0.4, -0.2) is 55.3 Å². The number of hydrogen-bond acceptors (Lipinski definition) is 8. The number of halogens is 4. The van der Waals surface area contributed by atoms with Gasteiger partial charge in [-0.3, -0.25) is 4.79 Å². The Morgan fingerprint density at radius 3 is 2.37 bits per heavy atom. The van der Waals surface area contributed by atoms with Crippen molar-refractivity contribution in [3.8, 4) is 22.8 Å². The maximum Gasteiger partial charge on any atom is 0.534 e. The van der Waals surface area contributed by atoms with Gasteiger partial charge in [0, 0.05) is 37.5 Å². The Labute approximate surface area is 200 Å². The number of ether oxygens (including phenoxy) is 1. The number of benzene rings is 1. The smallest absolute Gasteiger partial charge is 0.490 e. The summed E-state index contributed by atoms with van der Waals surface area (Å²) in [6.07, 6.45) is 3.85. The molecule has 8 nitrogen and oxygen atoms in total. The van der Waals surface area contributed by atoms with Gasteiger partial charge in [0.1, 0.15) is 17.9 Å². The molecule has 0 fully saturated rings. The van der Waals surface area contributed by atoms with Gasteiger partial charge in [-0.05, 0) is 45.1 Å². The molecule has 0 spiro atoms. The van der Waals surface area contributed by atoms with Crippen LogP contribution in [-0.2, 0) is 14.9 Å². The van der Waals surface area contributed by atoms with Crippen LogP contribution in [0.5, 0.6) is 11.6 Å².